The average Bonchev–Trinajstić information content (AvgIpc) is 2.32. The quantitative estimate of drug-likeness (QED) is 0.673. The van der Waals surface area contributed by atoms with Crippen LogP contribution in [0, 0.1) is 0 Å². The van der Waals surface area contributed by atoms with E-state index in [2.05, 4.69) is 54.6 Å². The van der Waals surface area contributed by atoms with Crippen LogP contribution in [0.3, 0.4) is 0 Å². The van der Waals surface area contributed by atoms with Gasteiger partial charge in [0.15, 0.2) is 0 Å². The lowest BCUT2D eigenvalue weighted by Gasteiger charge is -2.02. The fraction of sp³-hybridized carbons (Fsp3) is 0.200. The SMILES string of the molecule is C1=CC(C/C=C/c2ccccc2)=CCC1. The molecule has 0 amide bonds. The van der Waals surface area contributed by atoms with Gasteiger partial charge in [0.1, 0.15) is 0 Å². The van der Waals surface area contributed by atoms with Gasteiger partial charge in [-0.3, -0.25) is 0 Å². The normalized spacial score (nSPS) is 15.6. The first-order valence-electron chi connectivity index (χ1n) is 5.52. The molecule has 1 aromatic rings. The number of hydrogen-bond donors (Lipinski definition) is 0. The molecule has 2 rings (SSSR count). The van der Waals surface area contributed by atoms with E-state index >= 15 is 0 Å². The second-order valence-corrected chi connectivity index (χ2v) is 3.78. The van der Waals surface area contributed by atoms with Crippen molar-refractivity contribution in [1.29, 1.82) is 0 Å². The highest BCUT2D eigenvalue weighted by atomic mass is 14.0. The Hall–Kier alpha value is -1.56. The molecule has 15 heavy (non-hydrogen) atoms. The maximum absolute atomic E-state index is 2.33. The minimum absolute atomic E-state index is 1.05. The van der Waals surface area contributed by atoms with E-state index in [9.17, 15) is 0 Å². The van der Waals surface area contributed by atoms with Gasteiger partial charge in [-0.05, 0) is 30.4 Å². The van der Waals surface area contributed by atoms with E-state index in [1.54, 1.807) is 0 Å². The highest BCUT2D eigenvalue weighted by Gasteiger charge is 1.93. The molecule has 0 aliphatic heterocycles. The van der Waals surface area contributed by atoms with Gasteiger partial charge in [0.2, 0.25) is 0 Å². The van der Waals surface area contributed by atoms with Gasteiger partial charge in [-0.15, -0.1) is 0 Å². The fourth-order valence-corrected chi connectivity index (χ4v) is 1.71. The third-order valence-corrected chi connectivity index (χ3v) is 2.54. The molecule has 1 aromatic carbocycles. The molecule has 0 aromatic heterocycles. The molecular weight excluding hydrogens is 180 g/mol. The maximum Gasteiger partial charge on any atom is -0.00974 e. The summed E-state index contributed by atoms with van der Waals surface area (Å²) >= 11 is 0. The van der Waals surface area contributed by atoms with Crippen LogP contribution in [0.2, 0.25) is 0 Å². The van der Waals surface area contributed by atoms with Gasteiger partial charge >= 0.3 is 0 Å². The minimum atomic E-state index is 1.05. The summed E-state index contributed by atoms with van der Waals surface area (Å²) < 4.78 is 0. The largest absolute Gasteiger partial charge is 0.0840 e. The fourth-order valence-electron chi connectivity index (χ4n) is 1.71. The lowest BCUT2D eigenvalue weighted by atomic mass is 10.0. The molecule has 1 aliphatic rings. The van der Waals surface area contributed by atoms with Crippen LogP contribution in [0.15, 0.2) is 60.2 Å². The zero-order valence-corrected chi connectivity index (χ0v) is 8.89. The summed E-state index contributed by atoms with van der Waals surface area (Å²) in [7, 11) is 0. The standard InChI is InChI=1S/C15H16/c1-3-8-14(9-4-1)12-7-13-15-10-5-2-6-11-15/h1,3-5,7-12H,2,6,13H2/b12-7+. The minimum Gasteiger partial charge on any atom is -0.0840 e. The van der Waals surface area contributed by atoms with Gasteiger partial charge in [0.25, 0.3) is 0 Å². The summed E-state index contributed by atoms with van der Waals surface area (Å²) in [4.78, 5) is 0. The van der Waals surface area contributed by atoms with Gasteiger partial charge in [-0.25, -0.2) is 0 Å². The highest BCUT2D eigenvalue weighted by molar-refractivity contribution is 5.49. The highest BCUT2D eigenvalue weighted by Crippen LogP contribution is 2.14. The molecule has 0 unspecified atom stereocenters. The molecule has 0 saturated carbocycles. The molecule has 76 valence electrons. The zero-order valence-electron chi connectivity index (χ0n) is 8.89. The van der Waals surface area contributed by atoms with Crippen LogP contribution in [0.1, 0.15) is 24.8 Å². The zero-order chi connectivity index (χ0) is 10.3. The molecule has 0 N–H and O–H groups in total. The van der Waals surface area contributed by atoms with E-state index in [1.807, 2.05) is 6.07 Å². The van der Waals surface area contributed by atoms with Crippen molar-refractivity contribution in [3.05, 3.63) is 65.8 Å². The maximum atomic E-state index is 2.33. The Morgan fingerprint density at radius 1 is 1.07 bits per heavy atom. The summed E-state index contributed by atoms with van der Waals surface area (Å²) in [5.74, 6) is 0. The summed E-state index contributed by atoms with van der Waals surface area (Å²) in [5.41, 5.74) is 2.71. The smallest absolute Gasteiger partial charge is 0.00974 e. The van der Waals surface area contributed by atoms with E-state index in [-0.39, 0.29) is 0 Å². The third-order valence-electron chi connectivity index (χ3n) is 2.54. The Kier molecular flexibility index (Phi) is 3.56. The Morgan fingerprint density at radius 3 is 2.67 bits per heavy atom. The molecule has 1 aliphatic carbocycles. The van der Waals surface area contributed by atoms with Crippen LogP contribution in [0.25, 0.3) is 6.08 Å². The molecule has 0 spiro atoms. The van der Waals surface area contributed by atoms with Gasteiger partial charge in [-0.2, -0.15) is 0 Å². The van der Waals surface area contributed by atoms with Crippen molar-refractivity contribution < 1.29 is 0 Å². The van der Waals surface area contributed by atoms with Crippen molar-refractivity contribution in [3.63, 3.8) is 0 Å². The van der Waals surface area contributed by atoms with E-state index in [4.69, 9.17) is 0 Å². The van der Waals surface area contributed by atoms with Crippen LogP contribution in [0.5, 0.6) is 0 Å². The van der Waals surface area contributed by atoms with Crippen LogP contribution >= 0.6 is 0 Å². The first-order valence-corrected chi connectivity index (χ1v) is 5.52. The molecule has 0 nitrogen and oxygen atoms in total. The molecule has 0 heterocycles. The predicted octanol–water partition coefficient (Wildman–Crippen LogP) is 4.37. The number of rotatable bonds is 3. The van der Waals surface area contributed by atoms with Gasteiger partial charge in [-0.1, -0.05) is 60.7 Å². The van der Waals surface area contributed by atoms with Crippen molar-refractivity contribution in [2.75, 3.05) is 0 Å². The van der Waals surface area contributed by atoms with Crippen LogP contribution in [0.4, 0.5) is 0 Å². The first kappa shape index (κ1) is 9.97. The van der Waals surface area contributed by atoms with Crippen LogP contribution < -0.4 is 0 Å². The van der Waals surface area contributed by atoms with Crippen molar-refractivity contribution in [1.82, 2.24) is 0 Å². The van der Waals surface area contributed by atoms with Crippen LogP contribution in [-0.2, 0) is 0 Å². The summed E-state index contributed by atoms with van der Waals surface area (Å²) in [6.45, 7) is 0. The van der Waals surface area contributed by atoms with Crippen molar-refractivity contribution in [2.24, 2.45) is 0 Å². The lowest BCUT2D eigenvalue weighted by molar-refractivity contribution is 1.00. The molecule has 0 fully saturated rings. The van der Waals surface area contributed by atoms with Gasteiger partial charge in [0, 0.05) is 0 Å². The van der Waals surface area contributed by atoms with Gasteiger partial charge in [0.05, 0.1) is 0 Å². The lowest BCUT2D eigenvalue weighted by Crippen LogP contribution is -1.82. The van der Waals surface area contributed by atoms with Gasteiger partial charge < -0.3 is 0 Å². The average molecular weight is 196 g/mol. The Balaban J connectivity index is 1.90. The first-order chi connectivity index (χ1) is 7.45. The third kappa shape index (κ3) is 3.25. The molecule has 0 atom stereocenters. The number of benzene rings is 1. The molecule has 0 radical (unpaired) electrons. The van der Waals surface area contributed by atoms with Crippen molar-refractivity contribution in [2.45, 2.75) is 19.3 Å². The van der Waals surface area contributed by atoms with E-state index < -0.39 is 0 Å². The topological polar surface area (TPSA) is 0 Å². The molecule has 0 bridgehead atoms. The van der Waals surface area contributed by atoms with E-state index in [0.717, 1.165) is 6.42 Å². The summed E-state index contributed by atoms with van der Waals surface area (Å²) in [6.07, 6.45) is 14.7. The summed E-state index contributed by atoms with van der Waals surface area (Å²) in [6, 6.07) is 10.4. The Morgan fingerprint density at radius 2 is 1.93 bits per heavy atom. The van der Waals surface area contributed by atoms with Crippen LogP contribution in [-0.4, -0.2) is 0 Å². The Bertz CT molecular complexity index is 380. The molecule has 0 heteroatoms. The number of allylic oxidation sites excluding steroid dienone is 5. The van der Waals surface area contributed by atoms with Crippen molar-refractivity contribution in [3.8, 4) is 0 Å². The van der Waals surface area contributed by atoms with E-state index in [1.165, 1.54) is 24.0 Å². The number of hydrogen-bond acceptors (Lipinski definition) is 0. The second-order valence-electron chi connectivity index (χ2n) is 3.78. The summed E-state index contributed by atoms with van der Waals surface area (Å²) in [5, 5.41) is 0. The second kappa shape index (κ2) is 5.35. The molecule has 0 saturated heterocycles. The van der Waals surface area contributed by atoms with Crippen molar-refractivity contribution >= 4 is 6.08 Å². The predicted molar refractivity (Wildman–Crippen MR) is 66.6 cm³/mol. The van der Waals surface area contributed by atoms with E-state index in [0.29, 0.717) is 0 Å². The monoisotopic (exact) mass is 196 g/mol. The Labute approximate surface area is 91.6 Å². The molecular formula is C15H16.